The van der Waals surface area contributed by atoms with Gasteiger partial charge in [0.25, 0.3) is 0 Å². The van der Waals surface area contributed by atoms with Crippen molar-refractivity contribution in [3.05, 3.63) is 0 Å². The Kier molecular flexibility index (Phi) is 5.51. The molecule has 0 saturated carbocycles. The SMILES string of the molecule is COCCNC(=O)NCC1(C)CNCCO1. The van der Waals surface area contributed by atoms with Crippen molar-refractivity contribution in [3.8, 4) is 0 Å². The van der Waals surface area contributed by atoms with E-state index in [0.29, 0.717) is 26.3 Å². The first-order valence-electron chi connectivity index (χ1n) is 5.52. The second-order valence-corrected chi connectivity index (χ2v) is 4.08. The minimum atomic E-state index is -0.309. The third-order valence-electron chi connectivity index (χ3n) is 2.44. The molecule has 6 heteroatoms. The van der Waals surface area contributed by atoms with E-state index in [-0.39, 0.29) is 11.6 Å². The summed E-state index contributed by atoms with van der Waals surface area (Å²) in [4.78, 5) is 11.3. The predicted octanol–water partition coefficient (Wildman–Crippen LogP) is -0.689. The summed E-state index contributed by atoms with van der Waals surface area (Å²) in [5.41, 5.74) is -0.309. The van der Waals surface area contributed by atoms with E-state index in [1.54, 1.807) is 7.11 Å². The molecule has 1 saturated heterocycles. The highest BCUT2D eigenvalue weighted by atomic mass is 16.5. The van der Waals surface area contributed by atoms with Crippen molar-refractivity contribution in [1.82, 2.24) is 16.0 Å². The van der Waals surface area contributed by atoms with Gasteiger partial charge < -0.3 is 25.4 Å². The molecule has 1 fully saturated rings. The number of nitrogens with one attached hydrogen (secondary N) is 3. The molecule has 1 heterocycles. The molecule has 0 radical (unpaired) electrons. The van der Waals surface area contributed by atoms with Crippen molar-refractivity contribution in [2.75, 3.05) is 46.5 Å². The molecule has 1 unspecified atom stereocenters. The Balaban J connectivity index is 2.14. The summed E-state index contributed by atoms with van der Waals surface area (Å²) in [6.45, 7) is 5.82. The van der Waals surface area contributed by atoms with Crippen LogP contribution >= 0.6 is 0 Å². The Labute approximate surface area is 96.1 Å². The van der Waals surface area contributed by atoms with E-state index in [0.717, 1.165) is 13.1 Å². The van der Waals surface area contributed by atoms with Crippen LogP contribution in [0.3, 0.4) is 0 Å². The van der Waals surface area contributed by atoms with Gasteiger partial charge in [-0.25, -0.2) is 4.79 Å². The lowest BCUT2D eigenvalue weighted by Crippen LogP contribution is -2.55. The van der Waals surface area contributed by atoms with Crippen LogP contribution in [0.2, 0.25) is 0 Å². The second kappa shape index (κ2) is 6.67. The van der Waals surface area contributed by atoms with Crippen molar-refractivity contribution >= 4 is 6.03 Å². The van der Waals surface area contributed by atoms with E-state index in [1.807, 2.05) is 6.92 Å². The Morgan fingerprint density at radius 1 is 1.56 bits per heavy atom. The van der Waals surface area contributed by atoms with Gasteiger partial charge in [0.2, 0.25) is 0 Å². The first-order valence-corrected chi connectivity index (χ1v) is 5.52. The number of morpholine rings is 1. The van der Waals surface area contributed by atoms with Gasteiger partial charge in [-0.1, -0.05) is 0 Å². The van der Waals surface area contributed by atoms with E-state index in [1.165, 1.54) is 0 Å². The minimum Gasteiger partial charge on any atom is -0.383 e. The van der Waals surface area contributed by atoms with Gasteiger partial charge in [0, 0.05) is 33.3 Å². The molecule has 1 aliphatic heterocycles. The van der Waals surface area contributed by atoms with Gasteiger partial charge >= 0.3 is 6.03 Å². The van der Waals surface area contributed by atoms with Gasteiger partial charge in [0.15, 0.2) is 0 Å². The lowest BCUT2D eigenvalue weighted by molar-refractivity contribution is -0.0489. The molecule has 1 aliphatic rings. The summed E-state index contributed by atoms with van der Waals surface area (Å²) in [5.74, 6) is 0. The maximum Gasteiger partial charge on any atom is 0.314 e. The fourth-order valence-corrected chi connectivity index (χ4v) is 1.48. The van der Waals surface area contributed by atoms with Crippen molar-refractivity contribution in [1.29, 1.82) is 0 Å². The third kappa shape index (κ3) is 4.78. The molecule has 0 aromatic heterocycles. The minimum absolute atomic E-state index is 0.188. The zero-order valence-electron chi connectivity index (χ0n) is 9.97. The molecule has 0 aromatic rings. The maximum atomic E-state index is 11.3. The fraction of sp³-hybridized carbons (Fsp3) is 0.900. The van der Waals surface area contributed by atoms with Gasteiger partial charge in [0.1, 0.15) is 0 Å². The number of hydrogen-bond donors (Lipinski definition) is 3. The fourth-order valence-electron chi connectivity index (χ4n) is 1.48. The Hall–Kier alpha value is -0.850. The predicted molar refractivity (Wildman–Crippen MR) is 60.5 cm³/mol. The van der Waals surface area contributed by atoms with E-state index in [9.17, 15) is 4.79 Å². The van der Waals surface area contributed by atoms with Crippen LogP contribution in [0.4, 0.5) is 4.79 Å². The lowest BCUT2D eigenvalue weighted by Gasteiger charge is -2.34. The topological polar surface area (TPSA) is 71.6 Å². The first-order chi connectivity index (χ1) is 7.66. The molecule has 6 nitrogen and oxygen atoms in total. The smallest absolute Gasteiger partial charge is 0.314 e. The monoisotopic (exact) mass is 231 g/mol. The first kappa shape index (κ1) is 13.2. The van der Waals surface area contributed by atoms with Crippen molar-refractivity contribution in [2.45, 2.75) is 12.5 Å². The zero-order chi connectivity index (χ0) is 11.9. The van der Waals surface area contributed by atoms with Crippen LogP contribution in [-0.4, -0.2) is 58.1 Å². The summed E-state index contributed by atoms with van der Waals surface area (Å²) >= 11 is 0. The van der Waals surface area contributed by atoms with Gasteiger partial charge in [0.05, 0.1) is 18.8 Å². The van der Waals surface area contributed by atoms with Crippen LogP contribution in [0.5, 0.6) is 0 Å². The molecule has 0 bridgehead atoms. The van der Waals surface area contributed by atoms with Gasteiger partial charge in [-0.3, -0.25) is 0 Å². The average Bonchev–Trinajstić information content (AvgIpc) is 2.28. The van der Waals surface area contributed by atoms with Crippen LogP contribution in [0.1, 0.15) is 6.92 Å². The number of hydrogen-bond acceptors (Lipinski definition) is 4. The Bertz CT molecular complexity index is 217. The number of amides is 2. The maximum absolute atomic E-state index is 11.3. The average molecular weight is 231 g/mol. The molecular formula is C10H21N3O3. The molecule has 0 aromatic carbocycles. The van der Waals surface area contributed by atoms with E-state index in [4.69, 9.17) is 9.47 Å². The van der Waals surface area contributed by atoms with E-state index < -0.39 is 0 Å². The Morgan fingerprint density at radius 3 is 3.00 bits per heavy atom. The summed E-state index contributed by atoms with van der Waals surface area (Å²) < 4.78 is 10.4. The van der Waals surface area contributed by atoms with Gasteiger partial charge in [-0.2, -0.15) is 0 Å². The van der Waals surface area contributed by atoms with Gasteiger partial charge in [-0.15, -0.1) is 0 Å². The number of methoxy groups -OCH3 is 1. The van der Waals surface area contributed by atoms with E-state index in [2.05, 4.69) is 16.0 Å². The molecule has 94 valence electrons. The molecule has 0 aliphatic carbocycles. The molecule has 0 spiro atoms. The number of carbonyl (C=O) groups excluding carboxylic acids is 1. The summed E-state index contributed by atoms with van der Waals surface area (Å²) in [6, 6.07) is -0.188. The van der Waals surface area contributed by atoms with E-state index >= 15 is 0 Å². The number of rotatable bonds is 5. The van der Waals surface area contributed by atoms with Crippen LogP contribution in [0.25, 0.3) is 0 Å². The number of urea groups is 1. The quantitative estimate of drug-likeness (QED) is 0.548. The normalized spacial score (nSPS) is 25.1. The van der Waals surface area contributed by atoms with Crippen molar-refractivity contribution < 1.29 is 14.3 Å². The highest BCUT2D eigenvalue weighted by Gasteiger charge is 2.27. The summed E-state index contributed by atoms with van der Waals surface area (Å²) in [6.07, 6.45) is 0. The van der Waals surface area contributed by atoms with Crippen molar-refractivity contribution in [2.24, 2.45) is 0 Å². The third-order valence-corrected chi connectivity index (χ3v) is 2.44. The number of ether oxygens (including phenoxy) is 2. The summed E-state index contributed by atoms with van der Waals surface area (Å²) in [5, 5.41) is 8.71. The standard InChI is InChI=1S/C10H21N3O3/c1-10(7-11-3-6-16-10)8-13-9(14)12-4-5-15-2/h11H,3-8H2,1-2H3,(H2,12,13,14). The van der Waals surface area contributed by atoms with Crippen LogP contribution in [-0.2, 0) is 9.47 Å². The van der Waals surface area contributed by atoms with Crippen LogP contribution in [0, 0.1) is 0 Å². The second-order valence-electron chi connectivity index (χ2n) is 4.08. The molecule has 16 heavy (non-hydrogen) atoms. The molecule has 2 amide bonds. The van der Waals surface area contributed by atoms with Crippen LogP contribution < -0.4 is 16.0 Å². The van der Waals surface area contributed by atoms with Crippen molar-refractivity contribution in [3.63, 3.8) is 0 Å². The number of carbonyl (C=O) groups is 1. The largest absolute Gasteiger partial charge is 0.383 e. The highest BCUT2D eigenvalue weighted by Crippen LogP contribution is 2.10. The molecule has 3 N–H and O–H groups in total. The molecule has 1 atom stereocenters. The van der Waals surface area contributed by atoms with Crippen LogP contribution in [0.15, 0.2) is 0 Å². The van der Waals surface area contributed by atoms with Gasteiger partial charge in [-0.05, 0) is 6.92 Å². The summed E-state index contributed by atoms with van der Waals surface area (Å²) in [7, 11) is 1.60. The zero-order valence-corrected chi connectivity index (χ0v) is 9.97. The Morgan fingerprint density at radius 2 is 2.38 bits per heavy atom. The highest BCUT2D eigenvalue weighted by molar-refractivity contribution is 5.73. The lowest BCUT2D eigenvalue weighted by atomic mass is 10.1. The molecular weight excluding hydrogens is 210 g/mol. The molecule has 1 rings (SSSR count).